The van der Waals surface area contributed by atoms with Gasteiger partial charge >= 0.3 is 0 Å². The number of pyridine rings is 1. The first-order valence-corrected chi connectivity index (χ1v) is 9.37. The molecule has 148 valence electrons. The molecule has 7 heteroatoms. The zero-order valence-electron chi connectivity index (χ0n) is 15.9. The maximum Gasteiger partial charge on any atom is 0.258 e. The predicted molar refractivity (Wildman–Crippen MR) is 113 cm³/mol. The fourth-order valence-corrected chi connectivity index (χ4v) is 3.31. The lowest BCUT2D eigenvalue weighted by molar-refractivity contribution is -0.122. The Morgan fingerprint density at radius 3 is 2.38 bits per heavy atom. The van der Waals surface area contributed by atoms with E-state index in [1.807, 2.05) is 25.1 Å². The number of hydrogen-bond donors (Lipinski definition) is 2. The Labute approximate surface area is 174 Å². The Hall–Kier alpha value is -3.38. The molecule has 2 amide bonds. The first kappa shape index (κ1) is 20.4. The molecular weight excluding hydrogens is 388 g/mol. The lowest BCUT2D eigenvalue weighted by atomic mass is 9.98. The molecule has 3 rings (SSSR count). The summed E-state index contributed by atoms with van der Waals surface area (Å²) >= 11 is 5.98. The molecule has 4 N–H and O–H groups in total. The van der Waals surface area contributed by atoms with Crippen LogP contribution in [0.4, 0.5) is 5.82 Å². The van der Waals surface area contributed by atoms with Crippen LogP contribution in [0.2, 0.25) is 5.02 Å². The van der Waals surface area contributed by atoms with E-state index in [4.69, 9.17) is 23.1 Å². The minimum absolute atomic E-state index is 0.0895. The van der Waals surface area contributed by atoms with Crippen molar-refractivity contribution in [3.05, 3.63) is 94.1 Å². The number of nitrogen functional groups attached to an aromatic ring is 1. The third kappa shape index (κ3) is 4.55. The number of nitrogens with zero attached hydrogens (tertiary/aromatic N) is 2. The van der Waals surface area contributed by atoms with Crippen LogP contribution in [0, 0.1) is 6.92 Å². The van der Waals surface area contributed by atoms with Crippen molar-refractivity contribution in [2.45, 2.75) is 19.5 Å². The van der Waals surface area contributed by atoms with E-state index in [9.17, 15) is 9.59 Å². The number of aryl methyl sites for hydroxylation is 1. The standard InChI is InChI=1S/C22H21ClN4O2/c1-14-5-2-3-6-17(14)19(21(25)28)27(13-15-8-10-16(23)11-9-15)22(29)18-7-4-12-26-20(18)24/h2-12,19H,13H2,1H3,(H2,24,26)(H2,25,28). The van der Waals surface area contributed by atoms with Gasteiger partial charge in [-0.3, -0.25) is 9.59 Å². The van der Waals surface area contributed by atoms with Crippen molar-refractivity contribution in [3.63, 3.8) is 0 Å². The summed E-state index contributed by atoms with van der Waals surface area (Å²) in [7, 11) is 0. The van der Waals surface area contributed by atoms with Gasteiger partial charge in [-0.25, -0.2) is 4.98 Å². The number of anilines is 1. The zero-order valence-corrected chi connectivity index (χ0v) is 16.6. The highest BCUT2D eigenvalue weighted by Gasteiger charge is 2.32. The van der Waals surface area contributed by atoms with Crippen LogP contribution < -0.4 is 11.5 Å². The van der Waals surface area contributed by atoms with Crippen LogP contribution in [0.15, 0.2) is 66.9 Å². The maximum absolute atomic E-state index is 13.4. The lowest BCUT2D eigenvalue weighted by Gasteiger charge is -2.31. The zero-order chi connectivity index (χ0) is 21.0. The van der Waals surface area contributed by atoms with Gasteiger partial charge in [-0.2, -0.15) is 0 Å². The van der Waals surface area contributed by atoms with Gasteiger partial charge in [-0.1, -0.05) is 48.0 Å². The fraction of sp³-hybridized carbons (Fsp3) is 0.136. The molecular formula is C22H21ClN4O2. The van der Waals surface area contributed by atoms with Gasteiger partial charge in [0.2, 0.25) is 5.91 Å². The normalized spacial score (nSPS) is 11.7. The number of aromatic nitrogens is 1. The van der Waals surface area contributed by atoms with Crippen molar-refractivity contribution >= 4 is 29.2 Å². The van der Waals surface area contributed by atoms with Crippen LogP contribution in [0.1, 0.15) is 33.1 Å². The fourth-order valence-electron chi connectivity index (χ4n) is 3.19. The molecule has 0 saturated carbocycles. The number of carbonyl (C=O) groups excluding carboxylic acids is 2. The summed E-state index contributed by atoms with van der Waals surface area (Å²) in [5.41, 5.74) is 14.2. The van der Waals surface area contributed by atoms with Gasteiger partial charge in [0.25, 0.3) is 5.91 Å². The maximum atomic E-state index is 13.4. The summed E-state index contributed by atoms with van der Waals surface area (Å²) in [5.74, 6) is -0.978. The van der Waals surface area contributed by atoms with Crippen molar-refractivity contribution in [2.75, 3.05) is 5.73 Å². The second-order valence-corrected chi connectivity index (χ2v) is 7.09. The van der Waals surface area contributed by atoms with Crippen LogP contribution in [-0.2, 0) is 11.3 Å². The molecule has 0 aliphatic heterocycles. The molecule has 0 aliphatic rings. The quantitative estimate of drug-likeness (QED) is 0.651. The van der Waals surface area contributed by atoms with E-state index in [1.54, 1.807) is 42.5 Å². The molecule has 2 aromatic carbocycles. The molecule has 0 saturated heterocycles. The minimum atomic E-state index is -0.973. The SMILES string of the molecule is Cc1ccccc1C(C(N)=O)N(Cc1ccc(Cl)cc1)C(=O)c1cccnc1N. The number of primary amides is 1. The minimum Gasteiger partial charge on any atom is -0.383 e. The van der Waals surface area contributed by atoms with E-state index < -0.39 is 17.9 Å². The van der Waals surface area contributed by atoms with Crippen LogP contribution in [0.3, 0.4) is 0 Å². The number of benzene rings is 2. The van der Waals surface area contributed by atoms with Gasteiger partial charge in [0.05, 0.1) is 5.56 Å². The summed E-state index contributed by atoms with van der Waals surface area (Å²) in [6, 6.07) is 16.6. The molecule has 1 unspecified atom stereocenters. The van der Waals surface area contributed by atoms with Gasteiger partial charge in [0, 0.05) is 17.8 Å². The number of amides is 2. The highest BCUT2D eigenvalue weighted by Crippen LogP contribution is 2.28. The van der Waals surface area contributed by atoms with Gasteiger partial charge in [0.1, 0.15) is 11.9 Å². The topological polar surface area (TPSA) is 102 Å². The lowest BCUT2D eigenvalue weighted by Crippen LogP contribution is -2.42. The monoisotopic (exact) mass is 408 g/mol. The second-order valence-electron chi connectivity index (χ2n) is 6.66. The second kappa shape index (κ2) is 8.75. The van der Waals surface area contributed by atoms with Gasteiger partial charge < -0.3 is 16.4 Å². The largest absolute Gasteiger partial charge is 0.383 e. The third-order valence-corrected chi connectivity index (χ3v) is 4.91. The molecule has 0 spiro atoms. The molecule has 3 aromatic rings. The van der Waals surface area contributed by atoms with E-state index in [0.717, 1.165) is 11.1 Å². The van der Waals surface area contributed by atoms with E-state index in [1.165, 1.54) is 11.1 Å². The average molecular weight is 409 g/mol. The summed E-state index contributed by atoms with van der Waals surface area (Å²) < 4.78 is 0. The molecule has 0 aliphatic carbocycles. The number of halogens is 1. The highest BCUT2D eigenvalue weighted by atomic mass is 35.5. The third-order valence-electron chi connectivity index (χ3n) is 4.66. The highest BCUT2D eigenvalue weighted by molar-refractivity contribution is 6.30. The van der Waals surface area contributed by atoms with Crippen molar-refractivity contribution in [3.8, 4) is 0 Å². The van der Waals surface area contributed by atoms with Crippen LogP contribution in [0.25, 0.3) is 0 Å². The smallest absolute Gasteiger partial charge is 0.258 e. The van der Waals surface area contributed by atoms with Gasteiger partial charge in [0.15, 0.2) is 0 Å². The molecule has 0 bridgehead atoms. The summed E-state index contributed by atoms with van der Waals surface area (Å²) in [5, 5.41) is 0.577. The van der Waals surface area contributed by atoms with Crippen LogP contribution in [0.5, 0.6) is 0 Å². The molecule has 0 radical (unpaired) electrons. The van der Waals surface area contributed by atoms with Gasteiger partial charge in [-0.15, -0.1) is 0 Å². The molecule has 1 aromatic heterocycles. The van der Waals surface area contributed by atoms with Crippen molar-refractivity contribution in [1.29, 1.82) is 0 Å². The number of nitrogens with two attached hydrogens (primary N) is 2. The summed E-state index contributed by atoms with van der Waals surface area (Å²) in [4.78, 5) is 31.4. The number of hydrogen-bond acceptors (Lipinski definition) is 4. The van der Waals surface area contributed by atoms with E-state index in [-0.39, 0.29) is 17.9 Å². The Morgan fingerprint density at radius 1 is 1.07 bits per heavy atom. The molecule has 1 atom stereocenters. The number of carbonyl (C=O) groups is 2. The van der Waals surface area contributed by atoms with Crippen molar-refractivity contribution in [2.24, 2.45) is 5.73 Å². The van der Waals surface area contributed by atoms with Gasteiger partial charge in [-0.05, 0) is 47.9 Å². The van der Waals surface area contributed by atoms with Crippen LogP contribution >= 0.6 is 11.6 Å². The Balaban J connectivity index is 2.11. The Bertz CT molecular complexity index is 1040. The van der Waals surface area contributed by atoms with E-state index in [0.29, 0.717) is 10.6 Å². The summed E-state index contributed by atoms with van der Waals surface area (Å²) in [6.45, 7) is 2.01. The molecule has 6 nitrogen and oxygen atoms in total. The average Bonchev–Trinajstić information content (AvgIpc) is 2.70. The predicted octanol–water partition coefficient (Wildman–Crippen LogP) is 3.49. The van der Waals surface area contributed by atoms with Crippen molar-refractivity contribution in [1.82, 2.24) is 9.88 Å². The Kier molecular flexibility index (Phi) is 6.14. The molecule has 0 fully saturated rings. The first-order chi connectivity index (χ1) is 13.9. The first-order valence-electron chi connectivity index (χ1n) is 8.99. The molecule has 1 heterocycles. The van der Waals surface area contributed by atoms with Crippen LogP contribution in [-0.4, -0.2) is 21.7 Å². The Morgan fingerprint density at radius 2 is 1.76 bits per heavy atom. The molecule has 29 heavy (non-hydrogen) atoms. The van der Waals surface area contributed by atoms with E-state index >= 15 is 0 Å². The van der Waals surface area contributed by atoms with E-state index in [2.05, 4.69) is 4.98 Å². The number of rotatable bonds is 6. The summed E-state index contributed by atoms with van der Waals surface area (Å²) in [6.07, 6.45) is 1.50. The van der Waals surface area contributed by atoms with Crippen molar-refractivity contribution < 1.29 is 9.59 Å².